The summed E-state index contributed by atoms with van der Waals surface area (Å²) in [5, 5.41) is 9.68. The van der Waals surface area contributed by atoms with Gasteiger partial charge in [0.05, 0.1) is 4.90 Å². The van der Waals surface area contributed by atoms with E-state index >= 15 is 0 Å². The second-order valence-electron chi connectivity index (χ2n) is 7.68. The van der Waals surface area contributed by atoms with Crippen LogP contribution in [0.4, 0.5) is 5.69 Å². The molecule has 0 spiro atoms. The predicted molar refractivity (Wildman–Crippen MR) is 109 cm³/mol. The van der Waals surface area contributed by atoms with Crippen molar-refractivity contribution in [2.75, 3.05) is 18.4 Å². The summed E-state index contributed by atoms with van der Waals surface area (Å²) in [5.41, 5.74) is 1.63. The van der Waals surface area contributed by atoms with E-state index in [9.17, 15) is 13.2 Å². The number of sulfonamides is 1. The van der Waals surface area contributed by atoms with Crippen molar-refractivity contribution < 1.29 is 13.2 Å². The smallest absolute Gasteiger partial charge is 0.276 e. The Morgan fingerprint density at radius 2 is 1.89 bits per heavy atom. The van der Waals surface area contributed by atoms with Crippen LogP contribution in [0.3, 0.4) is 0 Å². The molecule has 0 bridgehead atoms. The molecule has 0 saturated carbocycles. The van der Waals surface area contributed by atoms with Gasteiger partial charge in [0.25, 0.3) is 5.91 Å². The first-order valence-electron chi connectivity index (χ1n) is 9.82. The number of nitrogens with zero attached hydrogens (tertiary/aromatic N) is 2. The van der Waals surface area contributed by atoms with Crippen molar-refractivity contribution in [2.45, 2.75) is 50.8 Å². The van der Waals surface area contributed by atoms with Crippen LogP contribution in [0.1, 0.15) is 55.7 Å². The number of H-pyrrole nitrogens is 1. The molecule has 2 N–H and O–H groups in total. The van der Waals surface area contributed by atoms with Gasteiger partial charge >= 0.3 is 0 Å². The molecule has 2 heterocycles. The van der Waals surface area contributed by atoms with Gasteiger partial charge in [0, 0.05) is 24.5 Å². The van der Waals surface area contributed by atoms with Gasteiger partial charge in [-0.25, -0.2) is 8.42 Å². The Hall–Kier alpha value is -2.19. The van der Waals surface area contributed by atoms with E-state index < -0.39 is 10.0 Å². The van der Waals surface area contributed by atoms with E-state index in [1.807, 2.05) is 0 Å². The molecule has 1 amide bonds. The number of carbonyl (C=O) groups is 1. The molecule has 1 aliphatic heterocycles. The fourth-order valence-corrected chi connectivity index (χ4v) is 4.95. The van der Waals surface area contributed by atoms with Gasteiger partial charge in [0.15, 0.2) is 5.69 Å². The third-order valence-electron chi connectivity index (χ3n) is 4.79. The monoisotopic (exact) mass is 404 g/mol. The molecular weight excluding hydrogens is 376 g/mol. The highest BCUT2D eigenvalue weighted by Gasteiger charge is 2.25. The topological polar surface area (TPSA) is 95.2 Å². The molecule has 0 atom stereocenters. The molecule has 0 aliphatic carbocycles. The van der Waals surface area contributed by atoms with Crippen LogP contribution in [0, 0.1) is 5.92 Å². The fourth-order valence-electron chi connectivity index (χ4n) is 3.38. The minimum atomic E-state index is -3.56. The minimum Gasteiger partial charge on any atom is -0.321 e. The Bertz CT molecular complexity index is 913. The molecule has 8 heteroatoms. The molecule has 0 unspecified atom stereocenters. The lowest BCUT2D eigenvalue weighted by Gasteiger charge is -2.20. The third kappa shape index (κ3) is 4.99. The highest BCUT2D eigenvalue weighted by molar-refractivity contribution is 7.89. The highest BCUT2D eigenvalue weighted by atomic mass is 32.2. The lowest BCUT2D eigenvalue weighted by atomic mass is 10.1. The summed E-state index contributed by atoms with van der Waals surface area (Å²) in [6, 6.07) is 8.15. The molecule has 1 aromatic carbocycles. The quantitative estimate of drug-likeness (QED) is 0.771. The number of hydrogen-bond donors (Lipinski definition) is 2. The van der Waals surface area contributed by atoms with Gasteiger partial charge in [0.1, 0.15) is 0 Å². The second kappa shape index (κ2) is 8.87. The summed E-state index contributed by atoms with van der Waals surface area (Å²) in [6.07, 6.45) is 4.69. The van der Waals surface area contributed by atoms with Gasteiger partial charge in [-0.05, 0) is 49.4 Å². The molecule has 3 rings (SSSR count). The standard InChI is InChI=1S/C20H28N4O3S/c1-15(2)12-17-14-19(23-22-17)20(25)21-16-8-7-9-18(13-16)28(26,27)24-10-5-3-4-6-11-24/h7-9,13-15H,3-6,10-12H2,1-2H3,(H,21,25)(H,22,23). The Morgan fingerprint density at radius 3 is 2.57 bits per heavy atom. The van der Waals surface area contributed by atoms with Crippen molar-refractivity contribution in [1.29, 1.82) is 0 Å². The van der Waals surface area contributed by atoms with Crippen LogP contribution in [0.25, 0.3) is 0 Å². The van der Waals surface area contributed by atoms with Crippen LogP contribution in [0.15, 0.2) is 35.2 Å². The van der Waals surface area contributed by atoms with Gasteiger partial charge < -0.3 is 5.32 Å². The number of aromatic amines is 1. The van der Waals surface area contributed by atoms with E-state index in [1.165, 1.54) is 6.07 Å². The number of carbonyl (C=O) groups excluding carboxylic acids is 1. The summed E-state index contributed by atoms with van der Waals surface area (Å²) in [4.78, 5) is 12.7. The van der Waals surface area contributed by atoms with Crippen molar-refractivity contribution in [2.24, 2.45) is 5.92 Å². The van der Waals surface area contributed by atoms with Crippen LogP contribution in [0.2, 0.25) is 0 Å². The third-order valence-corrected chi connectivity index (χ3v) is 6.68. The number of amides is 1. The van der Waals surface area contributed by atoms with E-state index in [0.29, 0.717) is 24.7 Å². The zero-order chi connectivity index (χ0) is 20.1. The number of aromatic nitrogens is 2. The Morgan fingerprint density at radius 1 is 1.18 bits per heavy atom. The van der Waals surface area contributed by atoms with Crippen LogP contribution >= 0.6 is 0 Å². The van der Waals surface area contributed by atoms with Gasteiger partial charge in [-0.2, -0.15) is 9.40 Å². The van der Waals surface area contributed by atoms with Crippen molar-refractivity contribution in [3.63, 3.8) is 0 Å². The van der Waals surface area contributed by atoms with E-state index in [4.69, 9.17) is 0 Å². The van der Waals surface area contributed by atoms with Gasteiger partial charge in [-0.1, -0.05) is 32.8 Å². The minimum absolute atomic E-state index is 0.203. The van der Waals surface area contributed by atoms with E-state index in [0.717, 1.165) is 37.8 Å². The normalized spacial score (nSPS) is 16.1. The van der Waals surface area contributed by atoms with Crippen molar-refractivity contribution in [3.8, 4) is 0 Å². The fraction of sp³-hybridized carbons (Fsp3) is 0.500. The summed E-state index contributed by atoms with van der Waals surface area (Å²) >= 11 is 0. The average molecular weight is 405 g/mol. The Balaban J connectivity index is 1.74. The molecule has 28 heavy (non-hydrogen) atoms. The molecule has 152 valence electrons. The van der Waals surface area contributed by atoms with Crippen molar-refractivity contribution >= 4 is 21.6 Å². The van der Waals surface area contributed by atoms with Crippen molar-refractivity contribution in [1.82, 2.24) is 14.5 Å². The molecule has 7 nitrogen and oxygen atoms in total. The summed E-state index contributed by atoms with van der Waals surface area (Å²) in [5.74, 6) is 0.0906. The molecule has 0 radical (unpaired) electrons. The van der Waals surface area contributed by atoms with E-state index in [2.05, 4.69) is 29.4 Å². The summed E-state index contributed by atoms with van der Waals surface area (Å²) in [7, 11) is -3.56. The van der Waals surface area contributed by atoms with Crippen LogP contribution in [-0.2, 0) is 16.4 Å². The average Bonchev–Trinajstić information content (AvgIpc) is 2.93. The van der Waals surface area contributed by atoms with E-state index in [-0.39, 0.29) is 16.5 Å². The second-order valence-corrected chi connectivity index (χ2v) is 9.61. The maximum atomic E-state index is 12.9. The van der Waals surface area contributed by atoms with Crippen molar-refractivity contribution in [3.05, 3.63) is 41.7 Å². The number of nitrogens with one attached hydrogen (secondary N) is 2. The zero-order valence-electron chi connectivity index (χ0n) is 16.4. The maximum Gasteiger partial charge on any atom is 0.276 e. The molecule has 1 aliphatic rings. The SMILES string of the molecule is CC(C)Cc1cc(C(=O)Nc2cccc(S(=O)(=O)N3CCCCCC3)c2)n[nH]1. The number of hydrogen-bond acceptors (Lipinski definition) is 4. The van der Waals surface area contributed by atoms with Crippen LogP contribution in [0.5, 0.6) is 0 Å². The van der Waals surface area contributed by atoms with Gasteiger partial charge in [-0.15, -0.1) is 0 Å². The first-order chi connectivity index (χ1) is 13.4. The first kappa shape index (κ1) is 20.5. The Kier molecular flexibility index (Phi) is 6.51. The first-order valence-corrected chi connectivity index (χ1v) is 11.3. The predicted octanol–water partition coefficient (Wildman–Crippen LogP) is 3.43. The number of benzene rings is 1. The zero-order valence-corrected chi connectivity index (χ0v) is 17.3. The lowest BCUT2D eigenvalue weighted by molar-refractivity contribution is 0.102. The highest BCUT2D eigenvalue weighted by Crippen LogP contribution is 2.23. The largest absolute Gasteiger partial charge is 0.321 e. The van der Waals surface area contributed by atoms with Crippen LogP contribution in [-0.4, -0.2) is 41.9 Å². The molecule has 1 fully saturated rings. The molecule has 1 saturated heterocycles. The summed E-state index contributed by atoms with van der Waals surface area (Å²) in [6.45, 7) is 5.28. The molecular formula is C20H28N4O3S. The van der Waals surface area contributed by atoms with Crippen LogP contribution < -0.4 is 5.32 Å². The molecule has 2 aromatic rings. The number of anilines is 1. The lowest BCUT2D eigenvalue weighted by Crippen LogP contribution is -2.32. The van der Waals surface area contributed by atoms with E-state index in [1.54, 1.807) is 28.6 Å². The Labute approximate surface area is 166 Å². The van der Waals surface area contributed by atoms with Gasteiger partial charge in [-0.3, -0.25) is 9.89 Å². The maximum absolute atomic E-state index is 12.9. The molecule has 1 aromatic heterocycles. The van der Waals surface area contributed by atoms with Gasteiger partial charge in [0.2, 0.25) is 10.0 Å². The number of rotatable bonds is 6. The summed E-state index contributed by atoms with van der Waals surface area (Å²) < 4.78 is 27.4.